The van der Waals surface area contributed by atoms with Gasteiger partial charge in [-0.2, -0.15) is 0 Å². The molecule has 16 unspecified atom stereocenters. The zero-order valence-electron chi connectivity index (χ0n) is 31.1. The third kappa shape index (κ3) is 13.6. The summed E-state index contributed by atoms with van der Waals surface area (Å²) in [6.45, 7) is 1.82. The number of aliphatic hydroxyl groups excluding tert-OH is 9. The van der Waals surface area contributed by atoms with Crippen LogP contribution in [0.15, 0.2) is 0 Å². The van der Waals surface area contributed by atoms with Gasteiger partial charge < -0.3 is 103 Å². The van der Waals surface area contributed by atoms with Gasteiger partial charge in [0.05, 0.1) is 92.0 Å². The predicted molar refractivity (Wildman–Crippen MR) is 179 cm³/mol. The fourth-order valence-corrected chi connectivity index (χ4v) is 6.08. The molecular weight excluding hydrogens is 732 g/mol. The zero-order chi connectivity index (χ0) is 39.6. The molecule has 0 radical (unpaired) electrons. The Labute approximate surface area is 314 Å². The highest BCUT2D eigenvalue weighted by Crippen LogP contribution is 2.34. The molecule has 3 aliphatic heterocycles. The summed E-state index contributed by atoms with van der Waals surface area (Å²) in [6, 6.07) is 0. The molecule has 54 heavy (non-hydrogen) atoms. The molecule has 3 aliphatic rings. The lowest BCUT2D eigenvalue weighted by atomic mass is 9.96. The summed E-state index contributed by atoms with van der Waals surface area (Å²) >= 11 is 0. The van der Waals surface area contributed by atoms with Gasteiger partial charge in [0.15, 0.2) is 18.9 Å². The molecule has 21 heteroatoms. The molecule has 3 saturated heterocycles. The van der Waals surface area contributed by atoms with Crippen molar-refractivity contribution in [2.45, 2.75) is 118 Å². The topological polar surface area (TPSA) is 293 Å². The van der Waals surface area contributed by atoms with Crippen molar-refractivity contribution in [1.82, 2.24) is 0 Å². The molecule has 21 nitrogen and oxygen atoms in total. The monoisotopic (exact) mass is 794 g/mol. The first-order valence-electron chi connectivity index (χ1n) is 18.3. The summed E-state index contributed by atoms with van der Waals surface area (Å²) in [5, 5.41) is 93.2. The molecule has 0 aliphatic carbocycles. The van der Waals surface area contributed by atoms with Crippen LogP contribution in [-0.2, 0) is 56.8 Å². The van der Waals surface area contributed by atoms with Gasteiger partial charge in [0.2, 0.25) is 0 Å². The number of methoxy groups -OCH3 is 1. The summed E-state index contributed by atoms with van der Waals surface area (Å²) in [6.07, 6.45) is -21.0. The van der Waals surface area contributed by atoms with Crippen LogP contribution in [0.2, 0.25) is 0 Å². The summed E-state index contributed by atoms with van der Waals surface area (Å²) in [7, 11) is 1.31. The van der Waals surface area contributed by atoms with Gasteiger partial charge in [-0.1, -0.05) is 6.92 Å². The largest absolute Gasteiger partial charge is 0.394 e. The van der Waals surface area contributed by atoms with Gasteiger partial charge in [-0.25, -0.2) is 0 Å². The van der Waals surface area contributed by atoms with Crippen molar-refractivity contribution in [3.63, 3.8) is 0 Å². The summed E-state index contributed by atoms with van der Waals surface area (Å²) in [4.78, 5) is 0. The van der Waals surface area contributed by atoms with E-state index < -0.39 is 92.1 Å². The molecule has 0 aromatic heterocycles. The van der Waals surface area contributed by atoms with Crippen LogP contribution in [0.1, 0.15) is 20.3 Å². The van der Waals surface area contributed by atoms with Crippen LogP contribution in [0.3, 0.4) is 0 Å². The van der Waals surface area contributed by atoms with E-state index in [2.05, 4.69) is 0 Å². The highest BCUT2D eigenvalue weighted by atomic mass is 16.8. The molecule has 0 bridgehead atoms. The van der Waals surface area contributed by atoms with E-state index in [-0.39, 0.29) is 92.0 Å². The van der Waals surface area contributed by atoms with E-state index in [0.717, 1.165) is 0 Å². The summed E-state index contributed by atoms with van der Waals surface area (Å²) in [5.74, 6) is 0. The summed E-state index contributed by atoms with van der Waals surface area (Å²) in [5.41, 5.74) is 0. The second kappa shape index (κ2) is 25.5. The van der Waals surface area contributed by atoms with Gasteiger partial charge in [-0.3, -0.25) is 0 Å². The third-order valence-electron chi connectivity index (χ3n) is 9.02. The van der Waals surface area contributed by atoms with Crippen LogP contribution in [0.4, 0.5) is 0 Å². The minimum absolute atomic E-state index is 0.0739. The van der Waals surface area contributed by atoms with E-state index in [0.29, 0.717) is 6.42 Å². The first-order valence-corrected chi connectivity index (χ1v) is 18.3. The van der Waals surface area contributed by atoms with Crippen molar-refractivity contribution in [1.29, 1.82) is 0 Å². The second-order valence-electron chi connectivity index (χ2n) is 12.9. The van der Waals surface area contributed by atoms with Crippen molar-refractivity contribution in [3.05, 3.63) is 0 Å². The van der Waals surface area contributed by atoms with Gasteiger partial charge in [0, 0.05) is 7.11 Å². The molecule has 0 aromatic rings. The van der Waals surface area contributed by atoms with Crippen LogP contribution in [0.25, 0.3) is 0 Å². The summed E-state index contributed by atoms with van der Waals surface area (Å²) < 4.78 is 69.0. The maximum Gasteiger partial charge on any atom is 0.187 e. The Balaban J connectivity index is 1.82. The van der Waals surface area contributed by atoms with E-state index >= 15 is 0 Å². The van der Waals surface area contributed by atoms with Gasteiger partial charge in [-0.05, 0) is 13.3 Å². The average Bonchev–Trinajstić information content (AvgIpc) is 3.16. The normalized spacial score (nSPS) is 38.1. The minimum atomic E-state index is -1.86. The molecular formula is C33H62O21. The third-order valence-corrected chi connectivity index (χ3v) is 9.02. The van der Waals surface area contributed by atoms with Crippen LogP contribution < -0.4 is 0 Å². The molecule has 3 fully saturated rings. The number of ether oxygens (including phenoxy) is 12. The Morgan fingerprint density at radius 3 is 1.43 bits per heavy atom. The average molecular weight is 795 g/mol. The predicted octanol–water partition coefficient (Wildman–Crippen LogP) is -5.01. The highest BCUT2D eigenvalue weighted by molar-refractivity contribution is 4.97. The van der Waals surface area contributed by atoms with Crippen molar-refractivity contribution in [2.75, 3.05) is 93.0 Å². The quantitative estimate of drug-likeness (QED) is 0.0371. The van der Waals surface area contributed by atoms with E-state index in [1.54, 1.807) is 6.92 Å². The van der Waals surface area contributed by atoms with Gasteiger partial charge >= 0.3 is 0 Å². The lowest BCUT2D eigenvalue weighted by Crippen LogP contribution is -2.67. The molecule has 16 atom stereocenters. The number of rotatable bonds is 26. The van der Waals surface area contributed by atoms with E-state index in [4.69, 9.17) is 61.9 Å². The lowest BCUT2D eigenvalue weighted by Gasteiger charge is -2.49. The number of aliphatic hydroxyl groups is 9. The lowest BCUT2D eigenvalue weighted by molar-refractivity contribution is -0.384. The van der Waals surface area contributed by atoms with Crippen molar-refractivity contribution >= 4 is 0 Å². The van der Waals surface area contributed by atoms with Crippen LogP contribution in [0.5, 0.6) is 0 Å². The molecule has 0 saturated carbocycles. The van der Waals surface area contributed by atoms with Crippen molar-refractivity contribution in [3.8, 4) is 0 Å². The molecule has 3 rings (SSSR count). The minimum Gasteiger partial charge on any atom is -0.394 e. The highest BCUT2D eigenvalue weighted by Gasteiger charge is 2.54. The maximum absolute atomic E-state index is 11.6. The zero-order valence-corrected chi connectivity index (χ0v) is 31.1. The number of hydrogen-bond donors (Lipinski definition) is 9. The first kappa shape index (κ1) is 47.5. The first-order chi connectivity index (χ1) is 26.1. The molecule has 9 N–H and O–H groups in total. The Morgan fingerprint density at radius 2 is 0.926 bits per heavy atom. The van der Waals surface area contributed by atoms with Crippen molar-refractivity contribution < 1.29 is 103 Å². The van der Waals surface area contributed by atoms with Gasteiger partial charge in [0.25, 0.3) is 0 Å². The SMILES string of the molecule is CCC(C)OC1OC(COCCO)C(OC2OC(COCCO)C(OC3OC(COCCOCCO)C(OC)C(O)C3O)C(O)C2O)C(O)C1OCCO. The molecule has 3 heterocycles. The van der Waals surface area contributed by atoms with E-state index in [1.807, 2.05) is 6.92 Å². The molecule has 0 aromatic carbocycles. The molecule has 0 amide bonds. The smallest absolute Gasteiger partial charge is 0.187 e. The van der Waals surface area contributed by atoms with Crippen LogP contribution >= 0.6 is 0 Å². The fourth-order valence-electron chi connectivity index (χ4n) is 6.08. The number of hydrogen-bond acceptors (Lipinski definition) is 21. The Hall–Kier alpha value is -0.840. The van der Waals surface area contributed by atoms with Gasteiger partial charge in [0.1, 0.15) is 73.2 Å². The van der Waals surface area contributed by atoms with Crippen molar-refractivity contribution in [2.24, 2.45) is 0 Å². The maximum atomic E-state index is 11.6. The molecule has 320 valence electrons. The van der Waals surface area contributed by atoms with Crippen LogP contribution in [0, 0.1) is 0 Å². The van der Waals surface area contributed by atoms with Gasteiger partial charge in [-0.15, -0.1) is 0 Å². The standard InChI is InChI=1S/C33H62O21/c1-4-18(2)49-33-30(48-12-8-37)26(42)29(21(52-33)17-46-11-7-36)54-32-25(41)23(39)28(20(51-32)16-45-10-6-35)53-31-24(40)22(38)27(43-3)19(50-31)15-47-14-13-44-9-5-34/h18-42H,4-17H2,1-3H3. The second-order valence-corrected chi connectivity index (χ2v) is 12.9. The van der Waals surface area contributed by atoms with E-state index in [9.17, 15) is 40.9 Å². The Bertz CT molecular complexity index is 969. The fraction of sp³-hybridized carbons (Fsp3) is 1.00. The van der Waals surface area contributed by atoms with Crippen LogP contribution in [-0.4, -0.2) is 237 Å². The molecule has 0 spiro atoms. The Kier molecular flexibility index (Phi) is 22.5. The van der Waals surface area contributed by atoms with E-state index in [1.165, 1.54) is 7.11 Å². The Morgan fingerprint density at radius 1 is 0.500 bits per heavy atom.